The maximum absolute atomic E-state index is 10.4. The Morgan fingerprint density at radius 3 is 2.78 bits per heavy atom. The van der Waals surface area contributed by atoms with Gasteiger partial charge in [-0.1, -0.05) is 12.5 Å². The molecule has 1 heterocycles. The number of phenolic OH excluding ortho intramolecular Hbond substituents is 1. The molecule has 1 unspecified atom stereocenters. The lowest BCUT2D eigenvalue weighted by Crippen LogP contribution is -2.27. The van der Waals surface area contributed by atoms with E-state index in [0.717, 1.165) is 35.8 Å². The fourth-order valence-electron chi connectivity index (χ4n) is 3.25. The van der Waals surface area contributed by atoms with E-state index in [1.807, 2.05) is 0 Å². The molecule has 1 aromatic rings. The first-order valence-corrected chi connectivity index (χ1v) is 7.83. The van der Waals surface area contributed by atoms with E-state index in [4.69, 9.17) is 0 Å². The standard InChI is InChI=1S/C15H20BrNO/c16-14-11-6-2-1-5-10(11)9-12(15(14)18)13-7-3-4-8-17-13/h9,13,17-18H,1-8H2. The van der Waals surface area contributed by atoms with Crippen LogP contribution in [0.3, 0.4) is 0 Å². The van der Waals surface area contributed by atoms with Crippen LogP contribution in [0.15, 0.2) is 10.5 Å². The van der Waals surface area contributed by atoms with Crippen LogP contribution in [-0.2, 0) is 12.8 Å². The molecule has 98 valence electrons. The second kappa shape index (κ2) is 5.22. The summed E-state index contributed by atoms with van der Waals surface area (Å²) in [5, 5.41) is 13.9. The second-order valence-corrected chi connectivity index (χ2v) is 6.27. The number of hydrogen-bond donors (Lipinski definition) is 2. The number of piperidine rings is 1. The summed E-state index contributed by atoms with van der Waals surface area (Å²) in [6.45, 7) is 1.07. The number of halogens is 1. The highest BCUT2D eigenvalue weighted by Crippen LogP contribution is 2.41. The molecule has 2 nitrogen and oxygen atoms in total. The van der Waals surface area contributed by atoms with E-state index in [1.54, 1.807) is 0 Å². The number of rotatable bonds is 1. The van der Waals surface area contributed by atoms with Crippen LogP contribution in [0.5, 0.6) is 5.75 Å². The molecule has 1 aromatic carbocycles. The number of fused-ring (bicyclic) bond motifs is 1. The smallest absolute Gasteiger partial charge is 0.134 e. The SMILES string of the molecule is Oc1c(C2CCCCN2)cc2c(c1Br)CCCC2. The Bertz CT molecular complexity index is 452. The maximum atomic E-state index is 10.4. The van der Waals surface area contributed by atoms with Crippen molar-refractivity contribution in [3.8, 4) is 5.75 Å². The van der Waals surface area contributed by atoms with Gasteiger partial charge in [-0.05, 0) is 72.1 Å². The first kappa shape index (κ1) is 12.5. The molecule has 0 saturated carbocycles. The van der Waals surface area contributed by atoms with Gasteiger partial charge in [0, 0.05) is 11.6 Å². The molecule has 3 heteroatoms. The van der Waals surface area contributed by atoms with Gasteiger partial charge in [-0.25, -0.2) is 0 Å². The van der Waals surface area contributed by atoms with E-state index in [0.29, 0.717) is 11.8 Å². The molecule has 2 N–H and O–H groups in total. The van der Waals surface area contributed by atoms with Crippen molar-refractivity contribution in [1.82, 2.24) is 5.32 Å². The molecule has 0 amide bonds. The first-order chi connectivity index (χ1) is 8.77. The normalized spacial score (nSPS) is 23.7. The average Bonchev–Trinajstić information content (AvgIpc) is 2.44. The summed E-state index contributed by atoms with van der Waals surface area (Å²) in [7, 11) is 0. The van der Waals surface area contributed by atoms with E-state index in [9.17, 15) is 5.11 Å². The van der Waals surface area contributed by atoms with Crippen LogP contribution >= 0.6 is 15.9 Å². The molecule has 2 aliphatic rings. The summed E-state index contributed by atoms with van der Waals surface area (Å²) in [5.41, 5.74) is 3.87. The Hall–Kier alpha value is -0.540. The van der Waals surface area contributed by atoms with Crippen LogP contribution in [0.4, 0.5) is 0 Å². The van der Waals surface area contributed by atoms with E-state index in [-0.39, 0.29) is 0 Å². The fraction of sp³-hybridized carbons (Fsp3) is 0.600. The van der Waals surface area contributed by atoms with Crippen molar-refractivity contribution >= 4 is 15.9 Å². The van der Waals surface area contributed by atoms with Gasteiger partial charge in [0.1, 0.15) is 5.75 Å². The summed E-state index contributed by atoms with van der Waals surface area (Å²) in [4.78, 5) is 0. The summed E-state index contributed by atoms with van der Waals surface area (Å²) >= 11 is 3.61. The van der Waals surface area contributed by atoms with Crippen molar-refractivity contribution in [3.63, 3.8) is 0 Å². The minimum atomic E-state index is 0.335. The largest absolute Gasteiger partial charge is 0.506 e. The van der Waals surface area contributed by atoms with Crippen LogP contribution in [0.1, 0.15) is 54.8 Å². The lowest BCUT2D eigenvalue weighted by molar-refractivity contribution is 0.388. The zero-order valence-electron chi connectivity index (χ0n) is 10.6. The van der Waals surface area contributed by atoms with Gasteiger partial charge >= 0.3 is 0 Å². The van der Waals surface area contributed by atoms with Crippen LogP contribution in [-0.4, -0.2) is 11.7 Å². The highest BCUT2D eigenvalue weighted by Gasteiger charge is 2.24. The van der Waals surface area contributed by atoms with E-state index in [1.165, 1.54) is 36.8 Å². The quantitative estimate of drug-likeness (QED) is 0.826. The summed E-state index contributed by atoms with van der Waals surface area (Å²) in [6, 6.07) is 2.58. The van der Waals surface area contributed by atoms with E-state index in [2.05, 4.69) is 27.3 Å². The van der Waals surface area contributed by atoms with Crippen molar-refractivity contribution in [2.75, 3.05) is 6.54 Å². The van der Waals surface area contributed by atoms with Crippen molar-refractivity contribution in [2.24, 2.45) is 0 Å². The summed E-state index contributed by atoms with van der Waals surface area (Å²) < 4.78 is 0.946. The fourth-order valence-corrected chi connectivity index (χ4v) is 3.93. The van der Waals surface area contributed by atoms with Crippen molar-refractivity contribution in [2.45, 2.75) is 51.0 Å². The molecule has 0 aromatic heterocycles. The van der Waals surface area contributed by atoms with Crippen LogP contribution < -0.4 is 5.32 Å². The number of hydrogen-bond acceptors (Lipinski definition) is 2. The molecule has 18 heavy (non-hydrogen) atoms. The third kappa shape index (κ3) is 2.19. The highest BCUT2D eigenvalue weighted by atomic mass is 79.9. The third-order valence-corrected chi connectivity index (χ3v) is 5.13. The average molecular weight is 310 g/mol. The van der Waals surface area contributed by atoms with Gasteiger partial charge in [0.2, 0.25) is 0 Å². The van der Waals surface area contributed by atoms with Crippen molar-refractivity contribution in [3.05, 3.63) is 27.2 Å². The Kier molecular flexibility index (Phi) is 3.62. The lowest BCUT2D eigenvalue weighted by atomic mass is 9.87. The monoisotopic (exact) mass is 309 g/mol. The molecule has 1 fully saturated rings. The summed E-state index contributed by atoms with van der Waals surface area (Å²) in [5.74, 6) is 0.468. The second-order valence-electron chi connectivity index (χ2n) is 5.48. The topological polar surface area (TPSA) is 32.3 Å². The van der Waals surface area contributed by atoms with Gasteiger partial charge in [-0.3, -0.25) is 0 Å². The zero-order chi connectivity index (χ0) is 12.5. The van der Waals surface area contributed by atoms with E-state index >= 15 is 0 Å². The summed E-state index contributed by atoms with van der Waals surface area (Å²) in [6.07, 6.45) is 8.43. The Morgan fingerprint density at radius 1 is 1.17 bits per heavy atom. The Labute approximate surface area is 117 Å². The Balaban J connectivity index is 2.01. The molecule has 0 radical (unpaired) electrons. The molecular weight excluding hydrogens is 290 g/mol. The van der Waals surface area contributed by atoms with Gasteiger partial charge in [0.15, 0.2) is 0 Å². The third-order valence-electron chi connectivity index (χ3n) is 4.27. The van der Waals surface area contributed by atoms with Crippen LogP contribution in [0.2, 0.25) is 0 Å². The predicted octanol–water partition coefficient (Wildman–Crippen LogP) is 3.85. The van der Waals surface area contributed by atoms with Gasteiger partial charge in [0.05, 0.1) is 4.47 Å². The Morgan fingerprint density at radius 2 is 2.00 bits per heavy atom. The minimum absolute atomic E-state index is 0.335. The number of aromatic hydroxyl groups is 1. The lowest BCUT2D eigenvalue weighted by Gasteiger charge is -2.27. The maximum Gasteiger partial charge on any atom is 0.134 e. The molecule has 1 atom stereocenters. The minimum Gasteiger partial charge on any atom is -0.506 e. The number of nitrogens with one attached hydrogen (secondary N) is 1. The molecule has 3 rings (SSSR count). The van der Waals surface area contributed by atoms with Crippen LogP contribution in [0.25, 0.3) is 0 Å². The molecule has 0 bridgehead atoms. The zero-order valence-corrected chi connectivity index (χ0v) is 12.2. The molecule has 1 saturated heterocycles. The number of benzene rings is 1. The van der Waals surface area contributed by atoms with Crippen LogP contribution in [0, 0.1) is 0 Å². The van der Waals surface area contributed by atoms with Crippen molar-refractivity contribution in [1.29, 1.82) is 0 Å². The van der Waals surface area contributed by atoms with E-state index < -0.39 is 0 Å². The molecular formula is C15H20BrNO. The first-order valence-electron chi connectivity index (χ1n) is 7.04. The highest BCUT2D eigenvalue weighted by molar-refractivity contribution is 9.10. The molecule has 1 aliphatic carbocycles. The van der Waals surface area contributed by atoms with Gasteiger partial charge in [0.25, 0.3) is 0 Å². The van der Waals surface area contributed by atoms with Gasteiger partial charge < -0.3 is 10.4 Å². The predicted molar refractivity (Wildman–Crippen MR) is 77.0 cm³/mol. The molecule has 1 aliphatic heterocycles. The van der Waals surface area contributed by atoms with Gasteiger partial charge in [-0.2, -0.15) is 0 Å². The molecule has 0 spiro atoms. The number of aryl methyl sites for hydroxylation is 1. The van der Waals surface area contributed by atoms with Crippen molar-refractivity contribution < 1.29 is 5.11 Å². The number of phenols is 1. The van der Waals surface area contributed by atoms with Gasteiger partial charge in [-0.15, -0.1) is 0 Å².